The van der Waals surface area contributed by atoms with Gasteiger partial charge in [0.15, 0.2) is 5.76 Å². The summed E-state index contributed by atoms with van der Waals surface area (Å²) < 4.78 is 5.43. The molecule has 0 aliphatic carbocycles. The first-order chi connectivity index (χ1) is 11.0. The molecule has 0 aliphatic rings. The van der Waals surface area contributed by atoms with Crippen molar-refractivity contribution in [3.8, 4) is 0 Å². The van der Waals surface area contributed by atoms with E-state index in [1.165, 1.54) is 0 Å². The van der Waals surface area contributed by atoms with Gasteiger partial charge < -0.3 is 9.40 Å². The third-order valence-electron chi connectivity index (χ3n) is 3.71. The van der Waals surface area contributed by atoms with Gasteiger partial charge in [-0.3, -0.25) is 9.59 Å². The maximum absolute atomic E-state index is 12.2. The normalized spacial score (nSPS) is 10.9. The molecule has 0 fully saturated rings. The van der Waals surface area contributed by atoms with E-state index >= 15 is 0 Å². The topological polar surface area (TPSA) is 76.0 Å². The van der Waals surface area contributed by atoms with Gasteiger partial charge in [-0.2, -0.15) is 4.98 Å². The van der Waals surface area contributed by atoms with Crippen molar-refractivity contribution in [2.45, 2.75) is 46.0 Å². The van der Waals surface area contributed by atoms with E-state index in [0.29, 0.717) is 18.0 Å². The van der Waals surface area contributed by atoms with Crippen LogP contribution in [0.3, 0.4) is 0 Å². The minimum atomic E-state index is -0.262. The van der Waals surface area contributed by atoms with E-state index in [9.17, 15) is 9.59 Å². The Bertz CT molecular complexity index is 734. The highest BCUT2D eigenvalue weighted by Crippen LogP contribution is 2.13. The molecule has 23 heavy (non-hydrogen) atoms. The number of nitrogens with zero attached hydrogens (tertiary/aromatic N) is 1. The molecule has 2 rings (SSSR count). The second-order valence-corrected chi connectivity index (χ2v) is 5.82. The van der Waals surface area contributed by atoms with Gasteiger partial charge in [0.05, 0.1) is 12.3 Å². The lowest BCUT2D eigenvalue weighted by Gasteiger charge is -2.06. The van der Waals surface area contributed by atoms with E-state index in [-0.39, 0.29) is 23.0 Å². The third-order valence-corrected chi connectivity index (χ3v) is 3.95. The predicted molar refractivity (Wildman–Crippen MR) is 89.4 cm³/mol. The molecule has 124 valence electrons. The summed E-state index contributed by atoms with van der Waals surface area (Å²) in [5.41, 5.74) is 1.41. The molecule has 2 heterocycles. The Kier molecular flexibility index (Phi) is 6.16. The zero-order valence-corrected chi connectivity index (χ0v) is 14.2. The van der Waals surface area contributed by atoms with Crippen LogP contribution in [0, 0.1) is 6.92 Å². The van der Waals surface area contributed by atoms with E-state index in [1.54, 1.807) is 12.1 Å². The number of rotatable bonds is 8. The number of unbranched alkanes of at least 4 members (excludes halogenated alkanes) is 2. The summed E-state index contributed by atoms with van der Waals surface area (Å²) in [7, 11) is 0. The number of furan rings is 1. The molecule has 1 N–H and O–H groups in total. The van der Waals surface area contributed by atoms with Crippen molar-refractivity contribution >= 4 is 17.4 Å². The highest BCUT2D eigenvalue weighted by molar-refractivity contribution is 6.30. The lowest BCUT2D eigenvalue weighted by molar-refractivity contribution is 0.0989. The van der Waals surface area contributed by atoms with Crippen LogP contribution >= 0.6 is 11.6 Å². The first kappa shape index (κ1) is 17.5. The molecule has 5 nitrogen and oxygen atoms in total. The summed E-state index contributed by atoms with van der Waals surface area (Å²) in [6.07, 6.45) is 4.29. The van der Waals surface area contributed by atoms with Gasteiger partial charge in [-0.1, -0.05) is 19.8 Å². The molecular formula is C17H21ClN2O3. The van der Waals surface area contributed by atoms with Gasteiger partial charge >= 0.3 is 0 Å². The van der Waals surface area contributed by atoms with Crippen molar-refractivity contribution in [1.29, 1.82) is 0 Å². The average molecular weight is 337 g/mol. The predicted octanol–water partition coefficient (Wildman–Crippen LogP) is 3.42. The molecule has 0 amide bonds. The Morgan fingerprint density at radius 2 is 2.13 bits per heavy atom. The Morgan fingerprint density at radius 3 is 2.78 bits per heavy atom. The molecule has 0 unspecified atom stereocenters. The molecule has 2 aromatic heterocycles. The second-order valence-electron chi connectivity index (χ2n) is 5.55. The Labute approximate surface area is 140 Å². The van der Waals surface area contributed by atoms with Crippen LogP contribution < -0.4 is 5.56 Å². The summed E-state index contributed by atoms with van der Waals surface area (Å²) in [6, 6.07) is 3.29. The summed E-state index contributed by atoms with van der Waals surface area (Å²) in [5, 5.41) is 0. The molecular weight excluding hydrogens is 316 g/mol. The molecule has 0 radical (unpaired) electrons. The van der Waals surface area contributed by atoms with Crippen LogP contribution in [0.1, 0.15) is 59.6 Å². The summed E-state index contributed by atoms with van der Waals surface area (Å²) in [4.78, 5) is 30.9. The van der Waals surface area contributed by atoms with E-state index in [0.717, 1.165) is 36.9 Å². The van der Waals surface area contributed by atoms with E-state index in [4.69, 9.17) is 16.0 Å². The number of aromatic nitrogens is 2. The van der Waals surface area contributed by atoms with Gasteiger partial charge in [-0.05, 0) is 31.9 Å². The lowest BCUT2D eigenvalue weighted by Crippen LogP contribution is -2.19. The number of hydrogen-bond donors (Lipinski definition) is 1. The van der Waals surface area contributed by atoms with Gasteiger partial charge in [-0.25, -0.2) is 0 Å². The molecule has 0 aliphatic heterocycles. The number of H-pyrrole nitrogens is 1. The molecule has 0 saturated carbocycles. The van der Waals surface area contributed by atoms with E-state index in [1.807, 2.05) is 6.92 Å². The number of carbonyl (C=O) groups excluding carboxylic acids is 1. The summed E-state index contributed by atoms with van der Waals surface area (Å²) in [6.45, 7) is 4.02. The monoisotopic (exact) mass is 336 g/mol. The van der Waals surface area contributed by atoms with Crippen molar-refractivity contribution in [1.82, 2.24) is 9.97 Å². The number of aromatic amines is 1. The minimum Gasteiger partial charge on any atom is -0.457 e. The molecule has 6 heteroatoms. The number of carbonyl (C=O) groups is 1. The highest BCUT2D eigenvalue weighted by atomic mass is 35.5. The molecule has 0 aromatic carbocycles. The number of alkyl halides is 1. The molecule has 0 atom stereocenters. The molecule has 0 saturated heterocycles. The van der Waals surface area contributed by atoms with Gasteiger partial charge in [-0.15, -0.1) is 11.6 Å². The Balaban J connectivity index is 2.13. The fraction of sp³-hybridized carbons (Fsp3) is 0.471. The third kappa shape index (κ3) is 4.55. The van der Waals surface area contributed by atoms with Crippen LogP contribution in [0.2, 0.25) is 0 Å². The highest BCUT2D eigenvalue weighted by Gasteiger charge is 2.13. The maximum Gasteiger partial charge on any atom is 0.276 e. The van der Waals surface area contributed by atoms with Crippen molar-refractivity contribution in [3.05, 3.63) is 51.1 Å². The largest absolute Gasteiger partial charge is 0.457 e. The van der Waals surface area contributed by atoms with Crippen LogP contribution in [0.4, 0.5) is 0 Å². The maximum atomic E-state index is 12.2. The summed E-state index contributed by atoms with van der Waals surface area (Å²) >= 11 is 5.50. The SMILES string of the molecule is CCCCCc1c(C)[nH]c(Cc2ccc(C(=O)CCl)o2)nc1=O. The van der Waals surface area contributed by atoms with Crippen molar-refractivity contribution in [2.75, 3.05) is 5.88 Å². The number of hydrogen-bond acceptors (Lipinski definition) is 4. The van der Waals surface area contributed by atoms with Gasteiger partial charge in [0.25, 0.3) is 5.56 Å². The van der Waals surface area contributed by atoms with Crippen LogP contribution in [0.15, 0.2) is 21.3 Å². The fourth-order valence-electron chi connectivity index (χ4n) is 2.45. The fourth-order valence-corrected chi connectivity index (χ4v) is 2.59. The van der Waals surface area contributed by atoms with Crippen LogP contribution in [0.25, 0.3) is 0 Å². The van der Waals surface area contributed by atoms with Crippen molar-refractivity contribution < 1.29 is 9.21 Å². The molecule has 2 aromatic rings. The van der Waals surface area contributed by atoms with Gasteiger partial charge in [0, 0.05) is 11.3 Å². The Hall–Kier alpha value is -1.88. The van der Waals surface area contributed by atoms with Gasteiger partial charge in [0.1, 0.15) is 11.6 Å². The first-order valence-corrected chi connectivity index (χ1v) is 8.35. The minimum absolute atomic E-state index is 0.117. The van der Waals surface area contributed by atoms with Crippen molar-refractivity contribution in [2.24, 2.45) is 0 Å². The van der Waals surface area contributed by atoms with Crippen LogP contribution in [0.5, 0.6) is 0 Å². The smallest absolute Gasteiger partial charge is 0.276 e. The lowest BCUT2D eigenvalue weighted by atomic mass is 10.1. The second kappa shape index (κ2) is 8.11. The molecule has 0 spiro atoms. The molecule has 0 bridgehead atoms. The number of aryl methyl sites for hydroxylation is 1. The zero-order chi connectivity index (χ0) is 16.8. The quantitative estimate of drug-likeness (QED) is 0.455. The van der Waals surface area contributed by atoms with Crippen LogP contribution in [-0.4, -0.2) is 21.6 Å². The number of nitrogens with one attached hydrogen (secondary N) is 1. The van der Waals surface area contributed by atoms with Crippen molar-refractivity contribution in [3.63, 3.8) is 0 Å². The van der Waals surface area contributed by atoms with E-state index in [2.05, 4.69) is 16.9 Å². The first-order valence-electron chi connectivity index (χ1n) is 7.81. The summed E-state index contributed by atoms with van der Waals surface area (Å²) in [5.74, 6) is 0.950. The van der Waals surface area contributed by atoms with Gasteiger partial charge in [0.2, 0.25) is 5.78 Å². The Morgan fingerprint density at radius 1 is 1.35 bits per heavy atom. The number of ketones is 1. The average Bonchev–Trinajstić information content (AvgIpc) is 2.97. The van der Waals surface area contributed by atoms with E-state index < -0.39 is 0 Å². The number of halogens is 1. The standard InChI is InChI=1S/C17H21ClN2O3/c1-3-4-5-6-13-11(2)19-16(20-17(13)22)9-12-7-8-15(23-12)14(21)10-18/h7-8H,3-6,9-10H2,1-2H3,(H,19,20,22). The van der Waals surface area contributed by atoms with Crippen LogP contribution in [-0.2, 0) is 12.8 Å². The number of Topliss-reactive ketones (excluding diaryl/α,β-unsaturated/α-hetero) is 1. The zero-order valence-electron chi connectivity index (χ0n) is 13.4.